The van der Waals surface area contributed by atoms with Crippen molar-refractivity contribution in [1.82, 2.24) is 14.9 Å². The molecular weight excluding hydrogens is 426 g/mol. The van der Waals surface area contributed by atoms with Gasteiger partial charge in [0.15, 0.2) is 5.58 Å². The number of nitrogens with zero attached hydrogens (tertiary/aromatic N) is 3. The van der Waals surface area contributed by atoms with Crippen LogP contribution in [0.2, 0.25) is 0 Å². The third-order valence-electron chi connectivity index (χ3n) is 5.47. The Morgan fingerprint density at radius 2 is 1.72 bits per heavy atom. The van der Waals surface area contributed by atoms with Crippen LogP contribution in [0.15, 0.2) is 70.2 Å². The van der Waals surface area contributed by atoms with Gasteiger partial charge in [0.1, 0.15) is 17.0 Å². The number of rotatable bonds is 4. The highest BCUT2D eigenvalue weighted by Crippen LogP contribution is 2.34. The highest BCUT2D eigenvalue weighted by molar-refractivity contribution is 7.84. The fourth-order valence-corrected chi connectivity index (χ4v) is 4.28. The molecule has 8 heteroatoms. The first-order valence-corrected chi connectivity index (χ1v) is 11.8. The van der Waals surface area contributed by atoms with Crippen LogP contribution in [-0.2, 0) is 15.5 Å². The number of benzene rings is 1. The van der Waals surface area contributed by atoms with E-state index in [0.29, 0.717) is 43.3 Å². The van der Waals surface area contributed by atoms with E-state index in [0.717, 1.165) is 27.1 Å². The minimum absolute atomic E-state index is 0.103. The summed E-state index contributed by atoms with van der Waals surface area (Å²) in [6, 6.07) is 14.9. The van der Waals surface area contributed by atoms with Crippen LogP contribution in [0.4, 0.5) is 0 Å². The summed E-state index contributed by atoms with van der Waals surface area (Å²) in [6.45, 7) is 2.22. The van der Waals surface area contributed by atoms with E-state index in [1.165, 1.54) is 0 Å². The summed E-state index contributed by atoms with van der Waals surface area (Å²) in [7, 11) is -1.03. The van der Waals surface area contributed by atoms with Gasteiger partial charge in [-0.05, 0) is 35.9 Å². The third-order valence-corrected chi connectivity index (χ3v) is 6.41. The van der Waals surface area contributed by atoms with Crippen LogP contribution in [0.25, 0.3) is 33.6 Å². The van der Waals surface area contributed by atoms with Crippen molar-refractivity contribution in [2.45, 2.75) is 4.90 Å². The normalized spacial score (nSPS) is 15.1. The smallest absolute Gasteiger partial charge is 0.272 e. The minimum Gasteiger partial charge on any atom is -0.454 e. The summed E-state index contributed by atoms with van der Waals surface area (Å²) >= 11 is 0. The maximum atomic E-state index is 12.9. The molecule has 0 saturated carbocycles. The van der Waals surface area contributed by atoms with Gasteiger partial charge >= 0.3 is 0 Å². The van der Waals surface area contributed by atoms with Crippen LogP contribution < -0.4 is 0 Å². The molecule has 3 aromatic heterocycles. The minimum atomic E-state index is -1.03. The Morgan fingerprint density at radius 1 is 0.969 bits per heavy atom. The predicted molar refractivity (Wildman–Crippen MR) is 122 cm³/mol. The molecule has 7 nitrogen and oxygen atoms in total. The van der Waals surface area contributed by atoms with E-state index in [4.69, 9.17) is 9.15 Å². The fraction of sp³-hybridized carbons (Fsp3) is 0.208. The zero-order valence-electron chi connectivity index (χ0n) is 17.5. The van der Waals surface area contributed by atoms with Crippen LogP contribution in [-0.4, -0.2) is 57.5 Å². The van der Waals surface area contributed by atoms with Gasteiger partial charge in [-0.15, -0.1) is 0 Å². The van der Waals surface area contributed by atoms with E-state index >= 15 is 0 Å². The maximum Gasteiger partial charge on any atom is 0.272 e. The number of carbonyl (C=O) groups is 1. The molecule has 4 aromatic rings. The molecule has 0 spiro atoms. The molecule has 1 aliphatic heterocycles. The number of carbonyl (C=O) groups excluding carboxylic acids is 1. The second-order valence-electron chi connectivity index (χ2n) is 7.50. The molecule has 1 atom stereocenters. The molecule has 1 aromatic carbocycles. The summed E-state index contributed by atoms with van der Waals surface area (Å²) < 4.78 is 23.2. The van der Waals surface area contributed by atoms with Crippen molar-refractivity contribution < 1.29 is 18.2 Å². The fourth-order valence-electron chi connectivity index (χ4n) is 3.76. The molecule has 1 amide bonds. The number of hydrogen-bond acceptors (Lipinski definition) is 6. The van der Waals surface area contributed by atoms with Crippen molar-refractivity contribution in [2.24, 2.45) is 0 Å². The Hall–Kier alpha value is -3.36. The van der Waals surface area contributed by atoms with Crippen LogP contribution >= 0.6 is 0 Å². The van der Waals surface area contributed by atoms with E-state index in [1.54, 1.807) is 29.6 Å². The number of morpholine rings is 1. The molecule has 1 aliphatic rings. The molecule has 1 unspecified atom stereocenters. The lowest BCUT2D eigenvalue weighted by molar-refractivity contribution is 0.0299. The topological polar surface area (TPSA) is 85.5 Å². The molecule has 162 valence electrons. The Balaban J connectivity index is 1.51. The van der Waals surface area contributed by atoms with Crippen LogP contribution in [0.3, 0.4) is 0 Å². The number of hydrogen-bond donors (Lipinski definition) is 0. The van der Waals surface area contributed by atoms with Crippen molar-refractivity contribution in [3.8, 4) is 22.5 Å². The van der Waals surface area contributed by atoms with Crippen molar-refractivity contribution >= 4 is 27.8 Å². The molecule has 0 aliphatic carbocycles. The Labute approximate surface area is 187 Å². The standard InChI is InChI=1S/C24H21N3O4S/c1-32(29)18-4-2-16(3-5-18)22-15-20-23(31-22)19(7-9-25-20)17-6-8-26-21(14-17)24(28)27-10-12-30-13-11-27/h2-9,14-15H,10-13H2,1H3. The number of pyridine rings is 2. The first kappa shape index (κ1) is 20.5. The molecule has 0 bridgehead atoms. The summed E-state index contributed by atoms with van der Waals surface area (Å²) in [5.74, 6) is 0.570. The Kier molecular flexibility index (Phi) is 5.55. The van der Waals surface area contributed by atoms with Gasteiger partial charge in [0, 0.05) is 64.6 Å². The van der Waals surface area contributed by atoms with E-state index in [-0.39, 0.29) is 5.91 Å². The lowest BCUT2D eigenvalue weighted by atomic mass is 10.1. The van der Waals surface area contributed by atoms with Crippen molar-refractivity contribution in [3.05, 3.63) is 66.6 Å². The number of amides is 1. The van der Waals surface area contributed by atoms with E-state index in [9.17, 15) is 9.00 Å². The van der Waals surface area contributed by atoms with E-state index in [1.807, 2.05) is 42.5 Å². The van der Waals surface area contributed by atoms with Gasteiger partial charge in [0.05, 0.1) is 13.2 Å². The molecule has 1 fully saturated rings. The van der Waals surface area contributed by atoms with E-state index in [2.05, 4.69) is 9.97 Å². The van der Waals surface area contributed by atoms with Gasteiger partial charge in [0.25, 0.3) is 5.91 Å². The van der Waals surface area contributed by atoms with Gasteiger partial charge in [0.2, 0.25) is 0 Å². The zero-order valence-corrected chi connectivity index (χ0v) is 18.3. The maximum absolute atomic E-state index is 12.9. The largest absolute Gasteiger partial charge is 0.454 e. The quantitative estimate of drug-likeness (QED) is 0.473. The Morgan fingerprint density at radius 3 is 2.47 bits per heavy atom. The molecule has 32 heavy (non-hydrogen) atoms. The summed E-state index contributed by atoms with van der Waals surface area (Å²) in [5.41, 5.74) is 4.30. The second-order valence-corrected chi connectivity index (χ2v) is 8.88. The molecule has 4 heterocycles. The van der Waals surface area contributed by atoms with Crippen LogP contribution in [0, 0.1) is 0 Å². The molecule has 0 N–H and O–H groups in total. The van der Waals surface area contributed by atoms with Crippen LogP contribution in [0.1, 0.15) is 10.5 Å². The van der Waals surface area contributed by atoms with Crippen molar-refractivity contribution in [1.29, 1.82) is 0 Å². The first-order chi connectivity index (χ1) is 15.6. The van der Waals surface area contributed by atoms with Gasteiger partial charge in [-0.25, -0.2) is 0 Å². The number of aromatic nitrogens is 2. The van der Waals surface area contributed by atoms with Crippen molar-refractivity contribution in [2.75, 3.05) is 32.6 Å². The number of ether oxygens (including phenoxy) is 1. The SMILES string of the molecule is CS(=O)c1ccc(-c2cc3nccc(-c4ccnc(C(=O)N5CCOCC5)c4)c3o2)cc1. The van der Waals surface area contributed by atoms with Gasteiger partial charge in [-0.2, -0.15) is 0 Å². The lowest BCUT2D eigenvalue weighted by Gasteiger charge is -2.26. The molecule has 1 saturated heterocycles. The first-order valence-electron chi connectivity index (χ1n) is 10.3. The van der Waals surface area contributed by atoms with Gasteiger partial charge in [-0.3, -0.25) is 19.0 Å². The average molecular weight is 448 g/mol. The van der Waals surface area contributed by atoms with Gasteiger partial charge < -0.3 is 14.1 Å². The molecular formula is C24H21N3O4S. The number of fused-ring (bicyclic) bond motifs is 1. The molecule has 0 radical (unpaired) electrons. The second kappa shape index (κ2) is 8.64. The predicted octanol–water partition coefficient (Wildman–Crippen LogP) is 3.77. The monoisotopic (exact) mass is 447 g/mol. The lowest BCUT2D eigenvalue weighted by Crippen LogP contribution is -2.41. The number of furan rings is 1. The van der Waals surface area contributed by atoms with Crippen LogP contribution in [0.5, 0.6) is 0 Å². The Bertz CT molecular complexity index is 1310. The summed E-state index contributed by atoms with van der Waals surface area (Å²) in [6.07, 6.45) is 5.02. The summed E-state index contributed by atoms with van der Waals surface area (Å²) in [4.78, 5) is 24.1. The highest BCUT2D eigenvalue weighted by atomic mass is 32.2. The zero-order chi connectivity index (χ0) is 22.1. The molecule has 5 rings (SSSR count). The van der Waals surface area contributed by atoms with Crippen molar-refractivity contribution in [3.63, 3.8) is 0 Å². The van der Waals surface area contributed by atoms with E-state index < -0.39 is 10.8 Å². The summed E-state index contributed by atoms with van der Waals surface area (Å²) in [5, 5.41) is 0. The van der Waals surface area contributed by atoms with Gasteiger partial charge in [-0.1, -0.05) is 12.1 Å². The average Bonchev–Trinajstić information content (AvgIpc) is 3.29. The highest BCUT2D eigenvalue weighted by Gasteiger charge is 2.21. The third kappa shape index (κ3) is 3.94.